The minimum atomic E-state index is -0.409. The Kier molecular flexibility index (Phi) is 4.43. The van der Waals surface area contributed by atoms with Crippen LogP contribution in [0.5, 0.6) is 0 Å². The first kappa shape index (κ1) is 14.2. The van der Waals surface area contributed by atoms with Crippen LogP contribution in [-0.2, 0) is 4.79 Å². The molecule has 1 aromatic carbocycles. The average molecular weight is 244 g/mol. The molecule has 0 unspecified atom stereocenters. The summed E-state index contributed by atoms with van der Waals surface area (Å²) in [6.07, 6.45) is 0. The third-order valence-electron chi connectivity index (χ3n) is 2.78. The zero-order valence-electron chi connectivity index (χ0n) is 11.4. The smallest absolute Gasteiger partial charge is 0.222 e. The molecule has 18 heavy (non-hydrogen) atoms. The standard InChI is InChI=1S/C15H20N2O/c1-11(2)15(4,5)17-14(16-12(3)18)13-9-7-6-8-10-13/h6-10H,1H2,2-5H3,(H,16,17,18). The van der Waals surface area contributed by atoms with Gasteiger partial charge in [0.2, 0.25) is 5.91 Å². The SMILES string of the molecule is C=C(C)C(C)(C)N=C(NC(C)=O)c1ccccc1. The maximum Gasteiger partial charge on any atom is 0.222 e. The number of aliphatic imine (C=N–C) groups is 1. The normalized spacial score (nSPS) is 12.1. The minimum absolute atomic E-state index is 0.130. The van der Waals surface area contributed by atoms with E-state index in [1.54, 1.807) is 0 Å². The van der Waals surface area contributed by atoms with E-state index in [4.69, 9.17) is 0 Å². The van der Waals surface area contributed by atoms with Crippen LogP contribution >= 0.6 is 0 Å². The predicted molar refractivity (Wildman–Crippen MR) is 75.7 cm³/mol. The first-order valence-corrected chi connectivity index (χ1v) is 5.92. The molecule has 0 radical (unpaired) electrons. The Morgan fingerprint density at radius 1 is 1.22 bits per heavy atom. The lowest BCUT2D eigenvalue weighted by atomic mass is 9.97. The van der Waals surface area contributed by atoms with Crippen molar-refractivity contribution in [3.63, 3.8) is 0 Å². The minimum Gasteiger partial charge on any atom is -0.311 e. The number of hydrogen-bond acceptors (Lipinski definition) is 2. The first-order chi connectivity index (χ1) is 8.33. The van der Waals surface area contributed by atoms with E-state index in [0.717, 1.165) is 11.1 Å². The lowest BCUT2D eigenvalue weighted by molar-refractivity contribution is -0.117. The molecule has 96 valence electrons. The Hall–Kier alpha value is -1.90. The van der Waals surface area contributed by atoms with Gasteiger partial charge in [0.1, 0.15) is 5.84 Å². The molecule has 0 heterocycles. The topological polar surface area (TPSA) is 41.5 Å². The second-order valence-corrected chi connectivity index (χ2v) is 4.85. The molecule has 1 aromatic rings. The van der Waals surface area contributed by atoms with Gasteiger partial charge in [0, 0.05) is 12.5 Å². The van der Waals surface area contributed by atoms with Crippen molar-refractivity contribution in [2.45, 2.75) is 33.2 Å². The van der Waals surface area contributed by atoms with Gasteiger partial charge >= 0.3 is 0 Å². The fraction of sp³-hybridized carbons (Fsp3) is 0.333. The highest BCUT2D eigenvalue weighted by atomic mass is 16.1. The highest BCUT2D eigenvalue weighted by molar-refractivity contribution is 6.07. The van der Waals surface area contributed by atoms with Gasteiger partial charge in [-0.3, -0.25) is 9.79 Å². The zero-order chi connectivity index (χ0) is 13.8. The summed E-state index contributed by atoms with van der Waals surface area (Å²) in [5, 5.41) is 2.78. The molecule has 0 aromatic heterocycles. The highest BCUT2D eigenvalue weighted by Gasteiger charge is 2.19. The molecule has 1 N–H and O–H groups in total. The molecule has 0 spiro atoms. The van der Waals surface area contributed by atoms with Gasteiger partial charge in [-0.05, 0) is 20.8 Å². The van der Waals surface area contributed by atoms with Crippen LogP contribution in [0.15, 0.2) is 47.5 Å². The number of benzene rings is 1. The quantitative estimate of drug-likeness (QED) is 0.496. The summed E-state index contributed by atoms with van der Waals surface area (Å²) in [7, 11) is 0. The van der Waals surface area contributed by atoms with Crippen molar-refractivity contribution < 1.29 is 4.79 Å². The number of nitrogens with zero attached hydrogens (tertiary/aromatic N) is 1. The molecular formula is C15H20N2O. The number of amides is 1. The molecule has 0 atom stereocenters. The second kappa shape index (κ2) is 5.63. The molecule has 0 saturated carbocycles. The van der Waals surface area contributed by atoms with Crippen molar-refractivity contribution in [1.29, 1.82) is 0 Å². The van der Waals surface area contributed by atoms with E-state index in [0.29, 0.717) is 5.84 Å². The van der Waals surface area contributed by atoms with Gasteiger partial charge in [-0.25, -0.2) is 0 Å². The first-order valence-electron chi connectivity index (χ1n) is 5.92. The van der Waals surface area contributed by atoms with Crippen LogP contribution in [0.25, 0.3) is 0 Å². The molecule has 1 amide bonds. The number of nitrogens with one attached hydrogen (secondary N) is 1. The number of carbonyl (C=O) groups excluding carboxylic acids is 1. The predicted octanol–water partition coefficient (Wildman–Crippen LogP) is 2.92. The average Bonchev–Trinajstić information content (AvgIpc) is 2.28. The van der Waals surface area contributed by atoms with Gasteiger partial charge in [0.05, 0.1) is 5.54 Å². The Bertz CT molecular complexity index is 473. The number of hydrogen-bond donors (Lipinski definition) is 1. The Morgan fingerprint density at radius 3 is 2.22 bits per heavy atom. The largest absolute Gasteiger partial charge is 0.311 e. The highest BCUT2D eigenvalue weighted by Crippen LogP contribution is 2.19. The second-order valence-electron chi connectivity index (χ2n) is 4.85. The molecule has 0 aliphatic heterocycles. The molecule has 3 nitrogen and oxygen atoms in total. The van der Waals surface area contributed by atoms with Crippen LogP contribution in [0, 0.1) is 0 Å². The van der Waals surface area contributed by atoms with Crippen molar-refractivity contribution in [3.8, 4) is 0 Å². The van der Waals surface area contributed by atoms with E-state index in [9.17, 15) is 4.79 Å². The summed E-state index contributed by atoms with van der Waals surface area (Å²) < 4.78 is 0. The van der Waals surface area contributed by atoms with Gasteiger partial charge in [-0.15, -0.1) is 0 Å². The van der Waals surface area contributed by atoms with Crippen LogP contribution < -0.4 is 5.32 Å². The number of rotatable bonds is 3. The summed E-state index contributed by atoms with van der Waals surface area (Å²) in [6, 6.07) is 9.60. The Labute approximate surface area is 109 Å². The number of carbonyl (C=O) groups is 1. The van der Waals surface area contributed by atoms with Gasteiger partial charge in [-0.1, -0.05) is 42.5 Å². The lowest BCUT2D eigenvalue weighted by Gasteiger charge is -2.22. The van der Waals surface area contributed by atoms with Crippen molar-refractivity contribution in [2.24, 2.45) is 4.99 Å². The maximum absolute atomic E-state index is 11.3. The maximum atomic E-state index is 11.3. The Morgan fingerprint density at radius 2 is 1.78 bits per heavy atom. The Balaban J connectivity index is 3.18. The fourth-order valence-electron chi connectivity index (χ4n) is 1.30. The van der Waals surface area contributed by atoms with Crippen molar-refractivity contribution in [1.82, 2.24) is 5.32 Å². The van der Waals surface area contributed by atoms with E-state index >= 15 is 0 Å². The van der Waals surface area contributed by atoms with Crippen LogP contribution in [-0.4, -0.2) is 17.3 Å². The van der Waals surface area contributed by atoms with Crippen LogP contribution in [0.4, 0.5) is 0 Å². The molecular weight excluding hydrogens is 224 g/mol. The molecule has 0 saturated heterocycles. The summed E-state index contributed by atoms with van der Waals surface area (Å²) in [5.74, 6) is 0.450. The van der Waals surface area contributed by atoms with Gasteiger partial charge in [-0.2, -0.15) is 0 Å². The monoisotopic (exact) mass is 244 g/mol. The summed E-state index contributed by atoms with van der Waals surface area (Å²) in [6.45, 7) is 11.3. The lowest BCUT2D eigenvalue weighted by Crippen LogP contribution is -2.33. The van der Waals surface area contributed by atoms with Crippen LogP contribution in [0.1, 0.15) is 33.3 Å². The van der Waals surface area contributed by atoms with E-state index < -0.39 is 5.54 Å². The molecule has 0 fully saturated rings. The molecule has 0 aliphatic rings. The van der Waals surface area contributed by atoms with Crippen molar-refractivity contribution in [3.05, 3.63) is 48.0 Å². The number of amidine groups is 1. The summed E-state index contributed by atoms with van der Waals surface area (Å²) in [5.41, 5.74) is 1.43. The van der Waals surface area contributed by atoms with Crippen LogP contribution in [0.2, 0.25) is 0 Å². The van der Waals surface area contributed by atoms with Crippen LogP contribution in [0.3, 0.4) is 0 Å². The van der Waals surface area contributed by atoms with Crippen molar-refractivity contribution >= 4 is 11.7 Å². The van der Waals surface area contributed by atoms with Gasteiger partial charge in [0.15, 0.2) is 0 Å². The third-order valence-corrected chi connectivity index (χ3v) is 2.78. The summed E-state index contributed by atoms with van der Waals surface area (Å²) >= 11 is 0. The van der Waals surface area contributed by atoms with Gasteiger partial charge in [0.25, 0.3) is 0 Å². The molecule has 1 rings (SSSR count). The zero-order valence-corrected chi connectivity index (χ0v) is 11.4. The third kappa shape index (κ3) is 3.84. The molecule has 0 aliphatic carbocycles. The fourth-order valence-corrected chi connectivity index (χ4v) is 1.30. The van der Waals surface area contributed by atoms with E-state index in [1.165, 1.54) is 6.92 Å². The van der Waals surface area contributed by atoms with Gasteiger partial charge < -0.3 is 5.32 Å². The van der Waals surface area contributed by atoms with E-state index in [-0.39, 0.29) is 5.91 Å². The van der Waals surface area contributed by atoms with E-state index in [2.05, 4.69) is 16.9 Å². The van der Waals surface area contributed by atoms with Crippen molar-refractivity contribution in [2.75, 3.05) is 0 Å². The molecule has 3 heteroatoms. The summed E-state index contributed by atoms with van der Waals surface area (Å²) in [4.78, 5) is 15.9. The van der Waals surface area contributed by atoms with E-state index in [1.807, 2.05) is 51.1 Å². The molecule has 0 bridgehead atoms.